The molecule has 116 valence electrons. The summed E-state index contributed by atoms with van der Waals surface area (Å²) < 4.78 is 0. The number of benzene rings is 1. The number of carbonyl (C=O) groups excluding carboxylic acids is 1. The van der Waals surface area contributed by atoms with Gasteiger partial charge in [-0.2, -0.15) is 0 Å². The molecular formula is C18H17N3OS. The largest absolute Gasteiger partial charge is 0.343 e. The molecule has 0 bridgehead atoms. The van der Waals surface area contributed by atoms with Gasteiger partial charge >= 0.3 is 0 Å². The highest BCUT2D eigenvalue weighted by molar-refractivity contribution is 7.17. The summed E-state index contributed by atoms with van der Waals surface area (Å²) in [7, 11) is 0. The molecule has 0 aliphatic rings. The number of nitrogens with zero attached hydrogens (tertiary/aromatic N) is 2. The predicted octanol–water partition coefficient (Wildman–Crippen LogP) is 4.00. The fourth-order valence-electron chi connectivity index (χ4n) is 2.28. The van der Waals surface area contributed by atoms with Gasteiger partial charge in [0.2, 0.25) is 0 Å². The van der Waals surface area contributed by atoms with Crippen LogP contribution in [0.25, 0.3) is 10.6 Å². The SMILES string of the molecule is Cc1nc(-c2ccccc2)sc1C(=O)NC(C)c1ccccn1. The highest BCUT2D eigenvalue weighted by Gasteiger charge is 2.18. The number of rotatable bonds is 4. The van der Waals surface area contributed by atoms with E-state index in [4.69, 9.17) is 0 Å². The van der Waals surface area contributed by atoms with E-state index in [1.807, 2.05) is 62.4 Å². The molecule has 1 atom stereocenters. The van der Waals surface area contributed by atoms with Crippen LogP contribution in [0, 0.1) is 6.92 Å². The molecule has 0 radical (unpaired) electrons. The minimum atomic E-state index is -0.148. The van der Waals surface area contributed by atoms with Crippen molar-refractivity contribution in [1.82, 2.24) is 15.3 Å². The second-order valence-electron chi connectivity index (χ2n) is 5.25. The first-order valence-electron chi connectivity index (χ1n) is 7.40. The first-order valence-corrected chi connectivity index (χ1v) is 8.21. The van der Waals surface area contributed by atoms with E-state index in [0.29, 0.717) is 4.88 Å². The molecule has 4 nitrogen and oxygen atoms in total. The number of nitrogens with one attached hydrogen (secondary N) is 1. The van der Waals surface area contributed by atoms with Gasteiger partial charge in [-0.15, -0.1) is 11.3 Å². The molecule has 3 aromatic rings. The minimum absolute atomic E-state index is 0.111. The molecule has 0 saturated heterocycles. The molecule has 1 N–H and O–H groups in total. The summed E-state index contributed by atoms with van der Waals surface area (Å²) in [6.07, 6.45) is 1.73. The lowest BCUT2D eigenvalue weighted by atomic mass is 10.2. The van der Waals surface area contributed by atoms with Gasteiger partial charge in [-0.25, -0.2) is 4.98 Å². The Morgan fingerprint density at radius 2 is 1.87 bits per heavy atom. The van der Waals surface area contributed by atoms with Crippen molar-refractivity contribution < 1.29 is 4.79 Å². The van der Waals surface area contributed by atoms with Gasteiger partial charge in [0, 0.05) is 11.8 Å². The lowest BCUT2D eigenvalue weighted by Gasteiger charge is -2.12. The maximum absolute atomic E-state index is 12.5. The number of hydrogen-bond donors (Lipinski definition) is 1. The fourth-order valence-corrected chi connectivity index (χ4v) is 3.25. The van der Waals surface area contributed by atoms with Gasteiger partial charge < -0.3 is 5.32 Å². The van der Waals surface area contributed by atoms with Gasteiger partial charge in [0.1, 0.15) is 9.88 Å². The Bertz CT molecular complexity index is 800. The quantitative estimate of drug-likeness (QED) is 0.789. The van der Waals surface area contributed by atoms with Gasteiger partial charge in [0.15, 0.2) is 0 Å². The highest BCUT2D eigenvalue weighted by atomic mass is 32.1. The van der Waals surface area contributed by atoms with E-state index < -0.39 is 0 Å². The van der Waals surface area contributed by atoms with Crippen molar-refractivity contribution in [3.63, 3.8) is 0 Å². The van der Waals surface area contributed by atoms with Crippen molar-refractivity contribution in [3.05, 3.63) is 71.0 Å². The van der Waals surface area contributed by atoms with E-state index >= 15 is 0 Å². The Balaban J connectivity index is 1.79. The van der Waals surface area contributed by atoms with E-state index in [1.165, 1.54) is 11.3 Å². The number of aryl methyl sites for hydroxylation is 1. The van der Waals surface area contributed by atoms with Gasteiger partial charge in [0.05, 0.1) is 17.4 Å². The smallest absolute Gasteiger partial charge is 0.263 e. The van der Waals surface area contributed by atoms with Crippen molar-refractivity contribution in [2.24, 2.45) is 0 Å². The van der Waals surface area contributed by atoms with Crippen LogP contribution in [-0.2, 0) is 0 Å². The van der Waals surface area contributed by atoms with Crippen LogP contribution in [0.4, 0.5) is 0 Å². The van der Waals surface area contributed by atoms with Crippen LogP contribution in [0.15, 0.2) is 54.7 Å². The third kappa shape index (κ3) is 3.46. The molecular weight excluding hydrogens is 306 g/mol. The summed E-state index contributed by atoms with van der Waals surface area (Å²) >= 11 is 1.41. The van der Waals surface area contributed by atoms with Gasteiger partial charge in [0.25, 0.3) is 5.91 Å². The zero-order chi connectivity index (χ0) is 16.2. The monoisotopic (exact) mass is 323 g/mol. The van der Waals surface area contributed by atoms with Crippen molar-refractivity contribution in [1.29, 1.82) is 0 Å². The molecule has 0 aliphatic carbocycles. The second kappa shape index (κ2) is 6.71. The molecule has 0 fully saturated rings. The molecule has 23 heavy (non-hydrogen) atoms. The molecule has 0 saturated carbocycles. The lowest BCUT2D eigenvalue weighted by molar-refractivity contribution is 0.0942. The summed E-state index contributed by atoms with van der Waals surface area (Å²) in [6.45, 7) is 3.79. The van der Waals surface area contributed by atoms with Gasteiger partial charge in [-0.1, -0.05) is 36.4 Å². The third-order valence-electron chi connectivity index (χ3n) is 3.50. The van der Waals surface area contributed by atoms with Crippen molar-refractivity contribution in [3.8, 4) is 10.6 Å². The van der Waals surface area contributed by atoms with Crippen LogP contribution in [0.3, 0.4) is 0 Å². The maximum atomic E-state index is 12.5. The summed E-state index contributed by atoms with van der Waals surface area (Å²) in [6, 6.07) is 15.4. The Morgan fingerprint density at radius 1 is 1.13 bits per heavy atom. The summed E-state index contributed by atoms with van der Waals surface area (Å²) in [5, 5.41) is 3.85. The maximum Gasteiger partial charge on any atom is 0.263 e. The summed E-state index contributed by atoms with van der Waals surface area (Å²) in [5.74, 6) is -0.111. The number of amides is 1. The standard InChI is InChI=1S/C18H17N3OS/c1-12(15-10-6-7-11-19-15)20-17(22)16-13(2)21-18(23-16)14-8-4-3-5-9-14/h3-12H,1-2H3,(H,20,22). The van der Waals surface area contributed by atoms with E-state index in [2.05, 4.69) is 15.3 Å². The predicted molar refractivity (Wildman–Crippen MR) is 92.4 cm³/mol. The van der Waals surface area contributed by atoms with Crippen molar-refractivity contribution >= 4 is 17.2 Å². The normalized spacial score (nSPS) is 11.9. The molecule has 0 spiro atoms. The molecule has 1 aromatic carbocycles. The average molecular weight is 323 g/mol. The van der Waals surface area contributed by atoms with Crippen LogP contribution in [0.5, 0.6) is 0 Å². The summed E-state index contributed by atoms with van der Waals surface area (Å²) in [5.41, 5.74) is 2.61. The molecule has 3 rings (SSSR count). The van der Waals surface area contributed by atoms with E-state index in [1.54, 1.807) is 6.20 Å². The molecule has 5 heteroatoms. The highest BCUT2D eigenvalue weighted by Crippen LogP contribution is 2.28. The Labute approximate surface area is 139 Å². The van der Waals surface area contributed by atoms with Crippen LogP contribution >= 0.6 is 11.3 Å². The topological polar surface area (TPSA) is 54.9 Å². The van der Waals surface area contributed by atoms with Crippen LogP contribution in [0.2, 0.25) is 0 Å². The van der Waals surface area contributed by atoms with Crippen molar-refractivity contribution in [2.75, 3.05) is 0 Å². The van der Waals surface area contributed by atoms with E-state index in [-0.39, 0.29) is 11.9 Å². The third-order valence-corrected chi connectivity index (χ3v) is 4.71. The summed E-state index contributed by atoms with van der Waals surface area (Å²) in [4.78, 5) is 22.0. The average Bonchev–Trinajstić information content (AvgIpc) is 2.98. The van der Waals surface area contributed by atoms with Crippen LogP contribution in [0.1, 0.15) is 34.0 Å². The molecule has 1 unspecified atom stereocenters. The van der Waals surface area contributed by atoms with Crippen LogP contribution < -0.4 is 5.32 Å². The number of carbonyl (C=O) groups is 1. The lowest BCUT2D eigenvalue weighted by Crippen LogP contribution is -2.27. The fraction of sp³-hybridized carbons (Fsp3) is 0.167. The zero-order valence-corrected chi connectivity index (χ0v) is 13.8. The molecule has 2 aromatic heterocycles. The van der Waals surface area contributed by atoms with Crippen LogP contribution in [-0.4, -0.2) is 15.9 Å². The Kier molecular flexibility index (Phi) is 4.48. The number of hydrogen-bond acceptors (Lipinski definition) is 4. The Morgan fingerprint density at radius 3 is 2.57 bits per heavy atom. The minimum Gasteiger partial charge on any atom is -0.343 e. The van der Waals surface area contributed by atoms with E-state index in [0.717, 1.165) is 22.0 Å². The van der Waals surface area contributed by atoms with E-state index in [9.17, 15) is 4.79 Å². The van der Waals surface area contributed by atoms with Gasteiger partial charge in [-0.05, 0) is 26.0 Å². The van der Waals surface area contributed by atoms with Crippen molar-refractivity contribution in [2.45, 2.75) is 19.9 Å². The first kappa shape index (κ1) is 15.4. The number of pyridine rings is 1. The molecule has 0 aliphatic heterocycles. The molecule has 2 heterocycles. The first-order chi connectivity index (χ1) is 11.1. The second-order valence-corrected chi connectivity index (χ2v) is 6.25. The number of thiazole rings is 1. The zero-order valence-electron chi connectivity index (χ0n) is 13.0. The number of aromatic nitrogens is 2. The van der Waals surface area contributed by atoms with Gasteiger partial charge in [-0.3, -0.25) is 9.78 Å². The Hall–Kier alpha value is -2.53. The molecule has 1 amide bonds.